The van der Waals surface area contributed by atoms with Gasteiger partial charge in [-0.3, -0.25) is 9.59 Å². The summed E-state index contributed by atoms with van der Waals surface area (Å²) < 4.78 is 4.88. The maximum atomic E-state index is 12.2. The Bertz CT molecular complexity index is 597. The van der Waals surface area contributed by atoms with Crippen molar-refractivity contribution in [3.8, 4) is 0 Å². The van der Waals surface area contributed by atoms with Crippen molar-refractivity contribution in [1.29, 1.82) is 0 Å². The highest BCUT2D eigenvalue weighted by atomic mass is 35.5. The van der Waals surface area contributed by atoms with Crippen LogP contribution in [0, 0.1) is 18.8 Å². The van der Waals surface area contributed by atoms with Crippen LogP contribution in [0.1, 0.15) is 18.6 Å². The van der Waals surface area contributed by atoms with Crippen molar-refractivity contribution in [2.75, 3.05) is 29.9 Å². The highest BCUT2D eigenvalue weighted by Crippen LogP contribution is 2.37. The van der Waals surface area contributed by atoms with Crippen LogP contribution in [0.5, 0.6) is 0 Å². The zero-order chi connectivity index (χ0) is 16.4. The molecule has 7 nitrogen and oxygen atoms in total. The van der Waals surface area contributed by atoms with E-state index in [0.29, 0.717) is 29.2 Å². The second kappa shape index (κ2) is 8.22. The summed E-state index contributed by atoms with van der Waals surface area (Å²) >= 11 is 1.32. The molecule has 3 unspecified atom stereocenters. The molecule has 0 spiro atoms. The largest absolute Gasteiger partial charge is 0.360 e. The molecule has 2 fully saturated rings. The van der Waals surface area contributed by atoms with Crippen LogP contribution in [-0.2, 0) is 9.59 Å². The van der Waals surface area contributed by atoms with Crippen LogP contribution >= 0.6 is 24.2 Å². The van der Waals surface area contributed by atoms with E-state index in [1.54, 1.807) is 13.0 Å². The molecule has 2 aliphatic rings. The Kier molecular flexibility index (Phi) is 6.54. The van der Waals surface area contributed by atoms with E-state index in [9.17, 15) is 9.59 Å². The highest BCUT2D eigenvalue weighted by molar-refractivity contribution is 8.00. The number of likely N-dealkylation sites (tertiary alicyclic amines) is 1. The molecule has 1 saturated carbocycles. The van der Waals surface area contributed by atoms with E-state index in [-0.39, 0.29) is 36.0 Å². The summed E-state index contributed by atoms with van der Waals surface area (Å²) in [6.07, 6.45) is 2.20. The molecule has 9 heteroatoms. The van der Waals surface area contributed by atoms with Gasteiger partial charge in [-0.2, -0.15) is 0 Å². The first-order valence-electron chi connectivity index (χ1n) is 7.87. The molecule has 1 aliphatic heterocycles. The zero-order valence-electron chi connectivity index (χ0n) is 13.6. The predicted molar refractivity (Wildman–Crippen MR) is 95.2 cm³/mol. The lowest BCUT2D eigenvalue weighted by molar-refractivity contribution is -0.127. The van der Waals surface area contributed by atoms with Gasteiger partial charge in [0.25, 0.3) is 0 Å². The van der Waals surface area contributed by atoms with Crippen LogP contribution in [0.25, 0.3) is 0 Å². The molecule has 3 atom stereocenters. The van der Waals surface area contributed by atoms with Gasteiger partial charge >= 0.3 is 0 Å². The lowest BCUT2D eigenvalue weighted by atomic mass is 9.98. The third kappa shape index (κ3) is 4.43. The maximum Gasteiger partial charge on any atom is 0.235 e. The van der Waals surface area contributed by atoms with E-state index in [1.165, 1.54) is 11.8 Å². The molecule has 1 saturated heterocycles. The van der Waals surface area contributed by atoms with E-state index in [1.807, 2.05) is 4.90 Å². The Morgan fingerprint density at radius 2 is 2.21 bits per heavy atom. The first-order chi connectivity index (χ1) is 11.0. The summed E-state index contributed by atoms with van der Waals surface area (Å²) in [7, 11) is 0. The Labute approximate surface area is 151 Å². The van der Waals surface area contributed by atoms with Gasteiger partial charge in [-0.15, -0.1) is 24.2 Å². The Morgan fingerprint density at radius 1 is 1.42 bits per heavy atom. The number of carbonyl (C=O) groups is 2. The number of nitrogens with zero attached hydrogens (tertiary/aromatic N) is 2. The number of anilines is 1. The number of carbonyl (C=O) groups excluding carboxylic acids is 2. The molecule has 0 aromatic carbocycles. The Hall–Kier alpha value is -1.25. The van der Waals surface area contributed by atoms with Gasteiger partial charge < -0.3 is 20.5 Å². The van der Waals surface area contributed by atoms with Crippen LogP contribution in [0.4, 0.5) is 5.82 Å². The summed E-state index contributed by atoms with van der Waals surface area (Å²) in [6.45, 7) is 3.35. The lowest BCUT2D eigenvalue weighted by Gasteiger charge is -2.18. The predicted octanol–water partition coefficient (Wildman–Crippen LogP) is 1.27. The van der Waals surface area contributed by atoms with E-state index in [4.69, 9.17) is 10.3 Å². The Balaban J connectivity index is 0.00000208. The molecular formula is C15H23ClN4O3S. The quantitative estimate of drug-likeness (QED) is 0.804. The number of hydrogen-bond acceptors (Lipinski definition) is 6. The van der Waals surface area contributed by atoms with E-state index in [0.717, 1.165) is 25.9 Å². The average Bonchev–Trinajstić information content (AvgIpc) is 3.18. The third-order valence-corrected chi connectivity index (χ3v) is 5.54. The van der Waals surface area contributed by atoms with E-state index >= 15 is 0 Å². The number of hydrogen-bond donors (Lipinski definition) is 2. The van der Waals surface area contributed by atoms with Crippen LogP contribution in [0.3, 0.4) is 0 Å². The molecule has 0 radical (unpaired) electrons. The second-order valence-electron chi connectivity index (χ2n) is 6.33. The smallest absolute Gasteiger partial charge is 0.235 e. The fourth-order valence-corrected chi connectivity index (χ4v) is 4.15. The topological polar surface area (TPSA) is 101 Å². The average molecular weight is 375 g/mol. The maximum absolute atomic E-state index is 12.2. The molecular weight excluding hydrogens is 352 g/mol. The molecule has 0 bridgehead atoms. The number of aryl methyl sites for hydroxylation is 1. The fourth-order valence-electron chi connectivity index (χ4n) is 3.44. The minimum absolute atomic E-state index is 0. The first kappa shape index (κ1) is 19.1. The van der Waals surface area contributed by atoms with Gasteiger partial charge in [0.1, 0.15) is 5.76 Å². The van der Waals surface area contributed by atoms with Gasteiger partial charge in [0.05, 0.1) is 11.5 Å². The summed E-state index contributed by atoms with van der Waals surface area (Å²) in [5, 5.41) is 6.34. The lowest BCUT2D eigenvalue weighted by Crippen LogP contribution is -2.34. The molecule has 2 heterocycles. The van der Waals surface area contributed by atoms with Gasteiger partial charge in [-0.25, -0.2) is 0 Å². The molecule has 1 aliphatic carbocycles. The highest BCUT2D eigenvalue weighted by Gasteiger charge is 2.42. The van der Waals surface area contributed by atoms with Crippen molar-refractivity contribution in [2.45, 2.75) is 25.8 Å². The third-order valence-electron chi connectivity index (χ3n) is 4.62. The van der Waals surface area contributed by atoms with Crippen LogP contribution in [-0.4, -0.2) is 52.5 Å². The van der Waals surface area contributed by atoms with Crippen molar-refractivity contribution < 1.29 is 14.1 Å². The van der Waals surface area contributed by atoms with Gasteiger partial charge in [-0.05, 0) is 31.6 Å². The Morgan fingerprint density at radius 3 is 2.88 bits per heavy atom. The zero-order valence-corrected chi connectivity index (χ0v) is 15.2. The molecule has 1 aromatic rings. The molecule has 134 valence electrons. The summed E-state index contributed by atoms with van der Waals surface area (Å²) in [5.41, 5.74) is 6.09. The summed E-state index contributed by atoms with van der Waals surface area (Å²) in [6, 6.07) is 1.89. The second-order valence-corrected chi connectivity index (χ2v) is 7.31. The molecule has 3 rings (SSSR count). The molecule has 24 heavy (non-hydrogen) atoms. The fraction of sp³-hybridized carbons (Fsp3) is 0.667. The van der Waals surface area contributed by atoms with Crippen molar-refractivity contribution in [3.05, 3.63) is 11.8 Å². The van der Waals surface area contributed by atoms with E-state index in [2.05, 4.69) is 10.5 Å². The van der Waals surface area contributed by atoms with Gasteiger partial charge in [0, 0.05) is 25.2 Å². The van der Waals surface area contributed by atoms with Gasteiger partial charge in [0.2, 0.25) is 11.8 Å². The number of aromatic nitrogens is 1. The van der Waals surface area contributed by atoms with Crippen molar-refractivity contribution in [3.63, 3.8) is 0 Å². The first-order valence-corrected chi connectivity index (χ1v) is 9.02. The van der Waals surface area contributed by atoms with Crippen molar-refractivity contribution in [2.24, 2.45) is 17.6 Å². The SMILES string of the molecule is Cc1cc(NC(=O)CSCC(=O)N2CC3CCC(N)C3C2)no1.Cl. The van der Waals surface area contributed by atoms with Crippen molar-refractivity contribution >= 4 is 41.8 Å². The van der Waals surface area contributed by atoms with Gasteiger partial charge in [-0.1, -0.05) is 5.16 Å². The monoisotopic (exact) mass is 374 g/mol. The summed E-state index contributed by atoms with van der Waals surface area (Å²) in [5.74, 6) is 2.53. The molecule has 2 amide bonds. The standard InChI is InChI=1S/C15H22N4O3S.ClH/c1-9-4-13(18-22-9)17-14(20)7-23-8-15(21)19-5-10-2-3-12(16)11(10)6-19;/h4,10-12H,2-3,5-8,16H2,1H3,(H,17,18,20);1H. The summed E-state index contributed by atoms with van der Waals surface area (Å²) in [4.78, 5) is 25.9. The number of halogens is 1. The van der Waals surface area contributed by atoms with Crippen LogP contribution in [0.15, 0.2) is 10.6 Å². The number of nitrogens with one attached hydrogen (secondary N) is 1. The molecule has 1 aromatic heterocycles. The minimum atomic E-state index is -0.184. The number of amides is 2. The van der Waals surface area contributed by atoms with E-state index < -0.39 is 0 Å². The molecule has 3 N–H and O–H groups in total. The van der Waals surface area contributed by atoms with Crippen molar-refractivity contribution in [1.82, 2.24) is 10.1 Å². The van der Waals surface area contributed by atoms with Gasteiger partial charge in [0.15, 0.2) is 5.82 Å². The van der Waals surface area contributed by atoms with Crippen LogP contribution < -0.4 is 11.1 Å². The minimum Gasteiger partial charge on any atom is -0.360 e. The number of thioether (sulfide) groups is 1. The number of rotatable bonds is 5. The van der Waals surface area contributed by atoms with Crippen LogP contribution in [0.2, 0.25) is 0 Å². The number of nitrogens with two attached hydrogens (primary N) is 1. The number of fused-ring (bicyclic) bond motifs is 1. The normalized spacial score (nSPS) is 25.2.